The van der Waals surface area contributed by atoms with Crippen LogP contribution in [0.2, 0.25) is 0 Å². The molecule has 0 spiro atoms. The Hall–Kier alpha value is -6.97. The van der Waals surface area contributed by atoms with Crippen LogP contribution in [0.15, 0.2) is 98.2 Å². The van der Waals surface area contributed by atoms with E-state index < -0.39 is 0 Å². The van der Waals surface area contributed by atoms with Crippen molar-refractivity contribution in [2.24, 2.45) is 24.9 Å². The lowest BCUT2D eigenvalue weighted by Crippen LogP contribution is -2.35. The molecule has 3 aromatic carbocycles. The Bertz CT molecular complexity index is 7850. The van der Waals surface area contributed by atoms with E-state index in [1.807, 2.05) is 139 Å². The number of aromatic nitrogens is 4. The highest BCUT2D eigenvalue weighted by Crippen LogP contribution is 2.58. The summed E-state index contributed by atoms with van der Waals surface area (Å²) in [6, 6.07) is 23.2. The van der Waals surface area contributed by atoms with Gasteiger partial charge in [0, 0.05) is 125 Å². The van der Waals surface area contributed by atoms with E-state index in [0.29, 0.717) is 16.8 Å². The topological polar surface area (TPSA) is 112 Å². The van der Waals surface area contributed by atoms with Gasteiger partial charge in [0.1, 0.15) is 23.2 Å². The van der Waals surface area contributed by atoms with Gasteiger partial charge in [-0.25, -0.2) is 0 Å². The number of carbonyl (C=O) groups excluding carboxylic acids is 1. The number of hydrogen-bond donors (Lipinski definition) is 0. The Morgan fingerprint density at radius 2 is 0.635 bits per heavy atom. The minimum Gasteiger partial charge on any atom is -0.482 e. The number of rotatable bonds is 0. The van der Waals surface area contributed by atoms with E-state index in [9.17, 15) is 14.4 Å². The van der Waals surface area contributed by atoms with Crippen molar-refractivity contribution >= 4 is 255 Å². The molecule has 802 valence electrons. The fourth-order valence-electron chi connectivity index (χ4n) is 18.9. The summed E-state index contributed by atoms with van der Waals surface area (Å²) in [6.07, 6.45) is 0.215. The Morgan fingerprint density at radius 3 is 0.986 bits per heavy atom. The number of nitrogens with zero attached hydrogens (tertiary/aromatic N) is 6. The third kappa shape index (κ3) is 23.0. The number of thiophene rings is 11. The molecule has 3 aliphatic rings. The van der Waals surface area contributed by atoms with Crippen molar-refractivity contribution in [2.75, 3.05) is 14.1 Å². The van der Waals surface area contributed by atoms with Crippen LogP contribution < -0.4 is 20.6 Å². The Labute approximate surface area is 933 Å². The van der Waals surface area contributed by atoms with E-state index in [0.717, 1.165) is 53.8 Å². The predicted octanol–water partition coefficient (Wildman–Crippen LogP) is 40.2. The number of likely N-dealkylation sites (N-methyl/N-ethyl adjacent to an activating group) is 2. The van der Waals surface area contributed by atoms with E-state index in [4.69, 9.17) is 9.47 Å². The molecule has 20 rings (SSSR count). The van der Waals surface area contributed by atoms with Crippen LogP contribution in [0.5, 0.6) is 11.5 Å². The Morgan fingerprint density at radius 1 is 0.311 bits per heavy atom. The van der Waals surface area contributed by atoms with E-state index in [2.05, 4.69) is 399 Å². The lowest BCUT2D eigenvalue weighted by atomic mass is 9.82. The first-order chi connectivity index (χ1) is 67.4. The summed E-state index contributed by atoms with van der Waals surface area (Å²) in [4.78, 5) is 58.7. The van der Waals surface area contributed by atoms with E-state index in [-0.39, 0.29) is 99.6 Å². The van der Waals surface area contributed by atoms with Crippen molar-refractivity contribution in [3.05, 3.63) is 185 Å². The molecule has 0 N–H and O–H groups in total. The molecule has 23 heteroatoms. The van der Waals surface area contributed by atoms with Gasteiger partial charge in [-0.1, -0.05) is 296 Å². The highest BCUT2D eigenvalue weighted by Gasteiger charge is 2.50. The summed E-state index contributed by atoms with van der Waals surface area (Å²) >= 11 is 22.1. The molecule has 3 unspecified atom stereocenters. The number of ether oxygens (including phenoxy) is 2. The first-order valence-corrected chi connectivity index (χ1v) is 62.4. The number of benzene rings is 3. The minimum atomic E-state index is -0.216. The zero-order chi connectivity index (χ0) is 111. The second-order valence-corrected chi connectivity index (χ2v) is 66.5. The van der Waals surface area contributed by atoms with Gasteiger partial charge in [0.15, 0.2) is 11.5 Å². The molecule has 0 radical (unpaired) electrons. The van der Waals surface area contributed by atoms with Crippen LogP contribution in [0.3, 0.4) is 0 Å². The molecule has 11 nitrogen and oxygen atoms in total. The molecule has 0 saturated carbocycles. The summed E-state index contributed by atoms with van der Waals surface area (Å²) in [6.45, 7) is 108. The first-order valence-electron chi connectivity index (χ1n) is 52.6. The zero-order valence-corrected chi connectivity index (χ0v) is 109. The van der Waals surface area contributed by atoms with Gasteiger partial charge >= 0.3 is 0 Å². The molecule has 1 amide bonds. The smallest absolute Gasteiger partial charge is 0.261 e. The van der Waals surface area contributed by atoms with Crippen molar-refractivity contribution in [3.63, 3.8) is 0 Å². The molecule has 148 heavy (non-hydrogen) atoms. The lowest BCUT2D eigenvalue weighted by molar-refractivity contribution is -0.124. The molecule has 0 bridgehead atoms. The highest BCUT2D eigenvalue weighted by atomic mass is 32.1. The molecule has 3 atom stereocenters. The SMILES string of the molecule is CC.CC(C)(C)c1cc2c3nsnc3c3cc(C(C)(C)C)sc3c2s1.CC1C(C(C)(C)C)=C2C(=C(C(C)(C)C)C(=O)N2C)N1C.CC1Oc2c(C(C)(C)C)sc(C(C)(C)C)c2OC1C.Cc1cc2c(cc1C)c1cc(C(C)(C)C)sc1c1sc(C(C)(C)C)cc21.Cc1sc2c(C(C)(C)C)sc(C(C)(C)C)c2c1C.Cn1c(=O)c2ccsc2c2sc(C(C)(C)C)cc2c1=O.Cn1c2cc(C(C)(C)C)sc2c2sc(C(C)(C)C)cc21. The fourth-order valence-corrected chi connectivity index (χ4v) is 33.9. The van der Waals surface area contributed by atoms with Crippen LogP contribution in [0.25, 0.3) is 113 Å². The van der Waals surface area contributed by atoms with Crippen molar-refractivity contribution < 1.29 is 14.3 Å². The van der Waals surface area contributed by atoms with Crippen LogP contribution in [0, 0.1) is 38.5 Å². The maximum Gasteiger partial charge on any atom is 0.261 e. The fraction of sp³-hybridized carbons (Fsp3) is 0.544. The maximum atomic E-state index is 12.7. The predicted molar refractivity (Wildman–Crippen MR) is 671 cm³/mol. The van der Waals surface area contributed by atoms with Gasteiger partial charge in [0.2, 0.25) is 0 Å². The average molecular weight is 2220 g/mol. The van der Waals surface area contributed by atoms with Crippen LogP contribution in [-0.4, -0.2) is 65.9 Å². The van der Waals surface area contributed by atoms with Crippen molar-refractivity contribution in [1.29, 1.82) is 0 Å². The van der Waals surface area contributed by atoms with Crippen LogP contribution in [0.1, 0.15) is 380 Å². The quantitative estimate of drug-likeness (QED) is 0.148. The molecule has 0 fully saturated rings. The van der Waals surface area contributed by atoms with Gasteiger partial charge in [-0.05, 0) is 195 Å². The normalized spacial score (nSPS) is 16.0. The van der Waals surface area contributed by atoms with Gasteiger partial charge in [-0.15, -0.1) is 125 Å². The highest BCUT2D eigenvalue weighted by molar-refractivity contribution is 7.30. The van der Waals surface area contributed by atoms with Gasteiger partial charge in [-0.2, -0.15) is 8.75 Å². The van der Waals surface area contributed by atoms with Gasteiger partial charge in [0.25, 0.3) is 17.0 Å². The number of amides is 1. The largest absolute Gasteiger partial charge is 0.482 e. The summed E-state index contributed by atoms with van der Waals surface area (Å²) in [5.41, 5.74) is 15.1. The van der Waals surface area contributed by atoms with Crippen LogP contribution >= 0.6 is 136 Å². The third-order valence-corrected chi connectivity index (χ3v) is 46.5. The molecule has 0 aliphatic carbocycles. The van der Waals surface area contributed by atoms with Gasteiger partial charge in [-0.3, -0.25) is 19.0 Å². The molecule has 0 saturated heterocycles. The summed E-state index contributed by atoms with van der Waals surface area (Å²) in [5.74, 6) is 2.11. The molecule has 17 heterocycles. The van der Waals surface area contributed by atoms with Crippen molar-refractivity contribution in [1.82, 2.24) is 27.7 Å². The minimum absolute atomic E-state index is 0.00283. The summed E-state index contributed by atoms with van der Waals surface area (Å²) < 4.78 is 37.1. The standard InChI is InChI=1S/C24H28S2.C18H20N2S3.C17H28N2O.C17H23NS2.C16H26O2S.C16H24S2.C15H15NO2S2.C2H6/c1-13-9-15-16(10-14(13)2)18-12-20(24(6,7)8)26-22(18)21-17(15)11-19(25-21)23(3,4)5;1-17(2,3)11-7-9-13-14(20-23-19-13)10-8-12(18(4,5)6)22-16(10)15(9)21-11;1-10-11(16(2,3)4)13-14(18(10)8)12(17(5,6)7)15(20)19(13)9;1-16(2,3)12-8-10-14(19-12)15-11(18(10)7)9-13(20-15)17(4,5)6;1-9-10(2)18-12-11(17-9)13(15(3,4)5)19-14(12)16(6,7)8;1-9-10(2)17-12-11(9)13(15(3,4)5)18-14(12)16(6,7)8;1-15(2,3)10-7-9-12(20-10)11-8(5-6-19-11)13(17)16(4)14(9)18;1-2/h9-12H,1-8H3;7-8H,1-6H3;10H,1-9H3;8-9H,1-7H3;9-10H,1-8H3;1-8H3;5-7H,1-4H3;1-2H3. The van der Waals surface area contributed by atoms with Crippen molar-refractivity contribution in [2.45, 2.75) is 410 Å². The van der Waals surface area contributed by atoms with Gasteiger partial charge < -0.3 is 23.8 Å². The molecule has 14 aromatic heterocycles. The van der Waals surface area contributed by atoms with E-state index in [1.54, 1.807) is 39.6 Å². The summed E-state index contributed by atoms with van der Waals surface area (Å²) in [7, 11) is 7.77. The monoisotopic (exact) mass is 2220 g/mol. The van der Waals surface area contributed by atoms with Crippen LogP contribution in [-0.2, 0) is 78.5 Å². The molecular formula is C125H170N6O5S12. The first kappa shape index (κ1) is 118. The Balaban J connectivity index is 0.000000144. The lowest BCUT2D eigenvalue weighted by Gasteiger charge is -2.31. The molecular weight excluding hydrogens is 2050 g/mol. The summed E-state index contributed by atoms with van der Waals surface area (Å²) in [5, 5.41) is 13.0. The maximum absolute atomic E-state index is 12.7. The van der Waals surface area contributed by atoms with Crippen molar-refractivity contribution in [3.8, 4) is 11.5 Å². The van der Waals surface area contributed by atoms with Crippen LogP contribution in [0.4, 0.5) is 0 Å². The van der Waals surface area contributed by atoms with Gasteiger partial charge in [0.05, 0.1) is 98.3 Å². The van der Waals surface area contributed by atoms with E-state index >= 15 is 0 Å². The average Bonchev–Trinajstić information content (AvgIpc) is 1.55. The second-order valence-electron chi connectivity index (χ2n) is 54.5. The molecule has 17 aromatic rings. The number of aryl methyl sites for hydroxylation is 5. The molecule has 3 aliphatic heterocycles. The second kappa shape index (κ2) is 41.0. The third-order valence-electron chi connectivity index (χ3n) is 28.1. The van der Waals surface area contributed by atoms with E-state index in [1.165, 1.54) is 170 Å². The number of hydrogen-bond acceptors (Lipinski definition) is 20. The Kier molecular flexibility index (Phi) is 32.7. The number of fused-ring (bicyclic) bond motifs is 21. The zero-order valence-electron chi connectivity index (χ0n) is 99.2. The number of carbonyl (C=O) groups is 1.